The molecule has 2 amide bonds. The SMILES string of the molecule is COc1ccc(NC(=O)CSCCC(=O)N2CCNCC2)cc1. The third kappa shape index (κ3) is 6.11. The summed E-state index contributed by atoms with van der Waals surface area (Å²) in [5, 5.41) is 6.05. The fraction of sp³-hybridized carbons (Fsp3) is 0.500. The Hall–Kier alpha value is -1.73. The molecule has 7 heteroatoms. The average molecular weight is 337 g/mol. The van der Waals surface area contributed by atoms with Crippen LogP contribution in [0.5, 0.6) is 5.75 Å². The van der Waals surface area contributed by atoms with Gasteiger partial charge < -0.3 is 20.3 Å². The van der Waals surface area contributed by atoms with E-state index in [4.69, 9.17) is 4.74 Å². The normalized spacial score (nSPS) is 14.4. The fourth-order valence-corrected chi connectivity index (χ4v) is 2.99. The highest BCUT2D eigenvalue weighted by atomic mass is 32.2. The summed E-state index contributed by atoms with van der Waals surface area (Å²) in [6.45, 7) is 3.29. The number of ether oxygens (including phenoxy) is 1. The Morgan fingerprint density at radius 3 is 2.61 bits per heavy atom. The lowest BCUT2D eigenvalue weighted by molar-refractivity contribution is -0.131. The van der Waals surface area contributed by atoms with Crippen molar-refractivity contribution in [2.75, 3.05) is 50.1 Å². The van der Waals surface area contributed by atoms with Crippen LogP contribution in [0, 0.1) is 0 Å². The smallest absolute Gasteiger partial charge is 0.234 e. The summed E-state index contributed by atoms with van der Waals surface area (Å²) in [7, 11) is 1.60. The highest BCUT2D eigenvalue weighted by Crippen LogP contribution is 2.15. The predicted octanol–water partition coefficient (Wildman–Crippen LogP) is 1.19. The van der Waals surface area contributed by atoms with Gasteiger partial charge in [0.1, 0.15) is 5.75 Å². The minimum Gasteiger partial charge on any atom is -0.497 e. The van der Waals surface area contributed by atoms with Crippen LogP contribution >= 0.6 is 11.8 Å². The summed E-state index contributed by atoms with van der Waals surface area (Å²) in [5.41, 5.74) is 0.744. The quantitative estimate of drug-likeness (QED) is 0.732. The molecule has 0 radical (unpaired) electrons. The molecule has 0 bridgehead atoms. The van der Waals surface area contributed by atoms with E-state index in [1.54, 1.807) is 31.4 Å². The van der Waals surface area contributed by atoms with E-state index in [1.807, 2.05) is 4.90 Å². The molecule has 0 aliphatic carbocycles. The van der Waals surface area contributed by atoms with Crippen LogP contribution in [0.15, 0.2) is 24.3 Å². The van der Waals surface area contributed by atoms with Gasteiger partial charge in [-0.2, -0.15) is 11.8 Å². The molecule has 2 N–H and O–H groups in total. The van der Waals surface area contributed by atoms with Crippen molar-refractivity contribution in [1.29, 1.82) is 0 Å². The second-order valence-corrected chi connectivity index (χ2v) is 6.32. The molecule has 0 spiro atoms. The van der Waals surface area contributed by atoms with E-state index in [1.165, 1.54) is 11.8 Å². The lowest BCUT2D eigenvalue weighted by atomic mass is 10.3. The Bertz CT molecular complexity index is 516. The number of methoxy groups -OCH3 is 1. The van der Waals surface area contributed by atoms with Gasteiger partial charge in [-0.15, -0.1) is 0 Å². The number of nitrogens with zero attached hydrogens (tertiary/aromatic N) is 1. The van der Waals surface area contributed by atoms with E-state index >= 15 is 0 Å². The van der Waals surface area contributed by atoms with E-state index < -0.39 is 0 Å². The topological polar surface area (TPSA) is 70.7 Å². The van der Waals surface area contributed by atoms with Crippen LogP contribution < -0.4 is 15.4 Å². The molecule has 1 aliphatic rings. The Labute approximate surface area is 140 Å². The Morgan fingerprint density at radius 2 is 1.96 bits per heavy atom. The zero-order valence-corrected chi connectivity index (χ0v) is 14.2. The number of anilines is 1. The van der Waals surface area contributed by atoms with Gasteiger partial charge >= 0.3 is 0 Å². The number of hydrogen-bond donors (Lipinski definition) is 2. The molecule has 2 rings (SSSR count). The van der Waals surface area contributed by atoms with Gasteiger partial charge in [0.2, 0.25) is 11.8 Å². The number of rotatable bonds is 7. The lowest BCUT2D eigenvalue weighted by Crippen LogP contribution is -2.46. The van der Waals surface area contributed by atoms with Gasteiger partial charge in [0.15, 0.2) is 0 Å². The van der Waals surface area contributed by atoms with Crippen LogP contribution in [-0.4, -0.2) is 61.5 Å². The van der Waals surface area contributed by atoms with Crippen molar-refractivity contribution in [1.82, 2.24) is 10.2 Å². The molecule has 126 valence electrons. The summed E-state index contributed by atoms with van der Waals surface area (Å²) < 4.78 is 5.07. The maximum absolute atomic E-state index is 12.0. The maximum Gasteiger partial charge on any atom is 0.234 e. The first kappa shape index (κ1) is 17.6. The minimum atomic E-state index is -0.0604. The summed E-state index contributed by atoms with van der Waals surface area (Å²) >= 11 is 1.48. The van der Waals surface area contributed by atoms with Crippen molar-refractivity contribution >= 4 is 29.3 Å². The van der Waals surface area contributed by atoms with E-state index in [0.717, 1.165) is 37.6 Å². The van der Waals surface area contributed by atoms with Crippen molar-refractivity contribution in [3.63, 3.8) is 0 Å². The van der Waals surface area contributed by atoms with Gasteiger partial charge in [0.25, 0.3) is 0 Å². The summed E-state index contributed by atoms with van der Waals surface area (Å²) in [6, 6.07) is 7.20. The number of amides is 2. The molecule has 1 fully saturated rings. The number of piperazine rings is 1. The number of nitrogens with one attached hydrogen (secondary N) is 2. The molecule has 1 aromatic carbocycles. The first-order valence-corrected chi connectivity index (χ1v) is 8.84. The van der Waals surface area contributed by atoms with Gasteiger partial charge in [0.05, 0.1) is 12.9 Å². The predicted molar refractivity (Wildman–Crippen MR) is 93.0 cm³/mol. The standard InChI is InChI=1S/C16H23N3O3S/c1-22-14-4-2-13(3-5-14)18-15(20)12-23-11-6-16(21)19-9-7-17-8-10-19/h2-5,17H,6-12H2,1H3,(H,18,20). The molecule has 0 aromatic heterocycles. The zero-order valence-electron chi connectivity index (χ0n) is 13.3. The van der Waals surface area contributed by atoms with Crippen LogP contribution in [-0.2, 0) is 9.59 Å². The van der Waals surface area contributed by atoms with Crippen LogP contribution in [0.2, 0.25) is 0 Å². The Kier molecular flexibility index (Phi) is 7.22. The Balaban J connectivity index is 1.61. The van der Waals surface area contributed by atoms with Gasteiger partial charge in [-0.25, -0.2) is 0 Å². The van der Waals surface area contributed by atoms with Crippen LogP contribution in [0.4, 0.5) is 5.69 Å². The van der Waals surface area contributed by atoms with E-state index in [2.05, 4.69) is 10.6 Å². The van der Waals surface area contributed by atoms with E-state index in [0.29, 0.717) is 17.9 Å². The Morgan fingerprint density at radius 1 is 1.26 bits per heavy atom. The van der Waals surface area contributed by atoms with Crippen molar-refractivity contribution < 1.29 is 14.3 Å². The minimum absolute atomic E-state index is 0.0604. The second kappa shape index (κ2) is 9.42. The number of thioether (sulfide) groups is 1. The van der Waals surface area contributed by atoms with Crippen molar-refractivity contribution in [3.8, 4) is 5.75 Å². The molecule has 1 saturated heterocycles. The molecule has 0 unspecified atom stereocenters. The first-order valence-electron chi connectivity index (χ1n) is 7.69. The van der Waals surface area contributed by atoms with Crippen LogP contribution in [0.1, 0.15) is 6.42 Å². The van der Waals surface area contributed by atoms with Crippen molar-refractivity contribution in [2.45, 2.75) is 6.42 Å². The second-order valence-electron chi connectivity index (χ2n) is 5.21. The van der Waals surface area contributed by atoms with Gasteiger partial charge in [-0.1, -0.05) is 0 Å². The van der Waals surface area contributed by atoms with Gasteiger partial charge in [-0.3, -0.25) is 9.59 Å². The van der Waals surface area contributed by atoms with Crippen molar-refractivity contribution in [3.05, 3.63) is 24.3 Å². The zero-order chi connectivity index (χ0) is 16.5. The molecule has 1 aliphatic heterocycles. The molecule has 0 saturated carbocycles. The average Bonchev–Trinajstić information content (AvgIpc) is 2.60. The van der Waals surface area contributed by atoms with Gasteiger partial charge in [0, 0.05) is 44.0 Å². The van der Waals surface area contributed by atoms with Crippen LogP contribution in [0.3, 0.4) is 0 Å². The summed E-state index contributed by atoms with van der Waals surface area (Å²) in [5.74, 6) is 1.88. The molecule has 23 heavy (non-hydrogen) atoms. The molecule has 0 atom stereocenters. The molecule has 1 aromatic rings. The molecular weight excluding hydrogens is 314 g/mol. The van der Waals surface area contributed by atoms with Crippen molar-refractivity contribution in [2.24, 2.45) is 0 Å². The first-order chi connectivity index (χ1) is 11.2. The number of benzene rings is 1. The summed E-state index contributed by atoms with van der Waals surface area (Å²) in [4.78, 5) is 25.7. The van der Waals surface area contributed by atoms with Crippen LogP contribution in [0.25, 0.3) is 0 Å². The monoisotopic (exact) mass is 337 g/mol. The third-order valence-corrected chi connectivity index (χ3v) is 4.50. The molecule has 6 nitrogen and oxygen atoms in total. The summed E-state index contributed by atoms with van der Waals surface area (Å²) in [6.07, 6.45) is 0.487. The molecular formula is C16H23N3O3S. The number of carbonyl (C=O) groups is 2. The maximum atomic E-state index is 12.0. The van der Waals surface area contributed by atoms with E-state index in [9.17, 15) is 9.59 Å². The van der Waals surface area contributed by atoms with E-state index in [-0.39, 0.29) is 11.8 Å². The highest BCUT2D eigenvalue weighted by Gasteiger charge is 2.15. The lowest BCUT2D eigenvalue weighted by Gasteiger charge is -2.27. The largest absolute Gasteiger partial charge is 0.497 e. The molecule has 1 heterocycles. The number of hydrogen-bond acceptors (Lipinski definition) is 5. The third-order valence-electron chi connectivity index (χ3n) is 3.54. The van der Waals surface area contributed by atoms with Gasteiger partial charge in [-0.05, 0) is 24.3 Å². The fourth-order valence-electron chi connectivity index (χ4n) is 2.27. The highest BCUT2D eigenvalue weighted by molar-refractivity contribution is 7.99. The number of carbonyl (C=O) groups excluding carboxylic acids is 2.